The number of nitrogens with one attached hydrogen (secondary N) is 1. The van der Waals surface area contributed by atoms with Crippen molar-refractivity contribution < 1.29 is 18.0 Å². The van der Waals surface area contributed by atoms with Crippen molar-refractivity contribution in [2.45, 2.75) is 6.18 Å². The van der Waals surface area contributed by atoms with Gasteiger partial charge in [-0.15, -0.1) is 5.48 Å². The smallest absolute Gasteiger partial charge is 0.403 e. The topological polar surface area (TPSA) is 21.3 Å². The minimum Gasteiger partial charge on any atom is -0.403 e. The highest BCUT2D eigenvalue weighted by Gasteiger charge is 2.37. The summed E-state index contributed by atoms with van der Waals surface area (Å²) >= 11 is 0. The Hall–Kier alpha value is -0.710. The van der Waals surface area contributed by atoms with Gasteiger partial charge in [-0.2, -0.15) is 13.2 Å². The fourth-order valence-electron chi connectivity index (χ4n) is 0.394. The van der Waals surface area contributed by atoms with Crippen LogP contribution in [0.2, 0.25) is 0 Å². The molecule has 0 saturated carbocycles. The van der Waals surface area contributed by atoms with Gasteiger partial charge in [-0.1, -0.05) is 0 Å². The second-order valence-electron chi connectivity index (χ2n) is 1.42. The molecule has 5 heteroatoms. The van der Waals surface area contributed by atoms with Crippen LogP contribution in [0.1, 0.15) is 0 Å². The van der Waals surface area contributed by atoms with Crippen LogP contribution in [-0.2, 0) is 4.84 Å². The summed E-state index contributed by atoms with van der Waals surface area (Å²) in [5.41, 5.74) is 1.94. The SMILES string of the molecule is FC(F)(F)C1=C[CH]NO1. The van der Waals surface area contributed by atoms with Crippen molar-refractivity contribution in [2.24, 2.45) is 0 Å². The lowest BCUT2D eigenvalue weighted by molar-refractivity contribution is -0.135. The third kappa shape index (κ3) is 1.35. The Morgan fingerprint density at radius 2 is 2.11 bits per heavy atom. The molecule has 0 aromatic carbocycles. The summed E-state index contributed by atoms with van der Waals surface area (Å²) in [6.45, 7) is 1.07. The third-order valence-electron chi connectivity index (χ3n) is 0.751. The summed E-state index contributed by atoms with van der Waals surface area (Å²) in [5, 5.41) is 0. The van der Waals surface area contributed by atoms with Crippen molar-refractivity contribution in [3.8, 4) is 0 Å². The van der Waals surface area contributed by atoms with E-state index in [9.17, 15) is 13.2 Å². The number of allylic oxidation sites excluding steroid dienone is 1. The van der Waals surface area contributed by atoms with E-state index in [2.05, 4.69) is 4.84 Å². The van der Waals surface area contributed by atoms with E-state index in [1.807, 2.05) is 5.48 Å². The standard InChI is InChI=1S/C4H3F3NO/c5-4(6,7)3-1-2-8-9-3/h1-2,8H. The van der Waals surface area contributed by atoms with Crippen molar-refractivity contribution in [1.29, 1.82) is 0 Å². The van der Waals surface area contributed by atoms with Gasteiger partial charge >= 0.3 is 6.18 Å². The van der Waals surface area contributed by atoms with Crippen LogP contribution in [0.4, 0.5) is 13.2 Å². The van der Waals surface area contributed by atoms with Crippen LogP contribution in [0.3, 0.4) is 0 Å². The lowest BCUT2D eigenvalue weighted by atomic mass is 10.4. The molecule has 1 aliphatic heterocycles. The molecular weight excluding hydrogens is 135 g/mol. The fraction of sp³-hybridized carbons (Fsp3) is 0.250. The van der Waals surface area contributed by atoms with Gasteiger partial charge in [-0.05, 0) is 6.08 Å². The van der Waals surface area contributed by atoms with Crippen LogP contribution < -0.4 is 5.48 Å². The van der Waals surface area contributed by atoms with E-state index in [-0.39, 0.29) is 0 Å². The van der Waals surface area contributed by atoms with Gasteiger partial charge in [-0.3, -0.25) is 0 Å². The summed E-state index contributed by atoms with van der Waals surface area (Å²) in [7, 11) is 0. The third-order valence-corrected chi connectivity index (χ3v) is 0.751. The minimum atomic E-state index is -4.38. The maximum Gasteiger partial charge on any atom is 0.451 e. The number of halogens is 3. The summed E-state index contributed by atoms with van der Waals surface area (Å²) in [5.74, 6) is -1.01. The Balaban J connectivity index is 2.61. The molecule has 1 rings (SSSR count). The van der Waals surface area contributed by atoms with Gasteiger partial charge in [0, 0.05) is 0 Å². The van der Waals surface area contributed by atoms with E-state index in [4.69, 9.17) is 0 Å². The first kappa shape index (κ1) is 6.41. The number of hydrogen-bond donors (Lipinski definition) is 1. The van der Waals surface area contributed by atoms with Crippen LogP contribution in [0, 0.1) is 6.54 Å². The quantitative estimate of drug-likeness (QED) is 0.541. The molecule has 51 valence electrons. The van der Waals surface area contributed by atoms with E-state index in [0.717, 1.165) is 12.6 Å². The maximum absolute atomic E-state index is 11.5. The fourth-order valence-corrected chi connectivity index (χ4v) is 0.394. The molecule has 0 unspecified atom stereocenters. The molecule has 0 fully saturated rings. The molecule has 2 nitrogen and oxygen atoms in total. The number of alkyl halides is 3. The van der Waals surface area contributed by atoms with E-state index in [1.165, 1.54) is 0 Å². The second kappa shape index (κ2) is 1.91. The van der Waals surface area contributed by atoms with Crippen LogP contribution >= 0.6 is 0 Å². The highest BCUT2D eigenvalue weighted by Crippen LogP contribution is 2.27. The predicted molar refractivity (Wildman–Crippen MR) is 22.7 cm³/mol. The van der Waals surface area contributed by atoms with Gasteiger partial charge in [0.2, 0.25) is 5.76 Å². The molecule has 1 radical (unpaired) electrons. The number of hydrogen-bond acceptors (Lipinski definition) is 2. The van der Waals surface area contributed by atoms with Crippen LogP contribution in [-0.4, -0.2) is 6.18 Å². The van der Waals surface area contributed by atoms with Gasteiger partial charge < -0.3 is 4.84 Å². The molecule has 0 spiro atoms. The monoisotopic (exact) mass is 138 g/mol. The molecule has 1 aliphatic rings. The molecule has 1 N–H and O–H groups in total. The summed E-state index contributed by atoms with van der Waals surface area (Å²) in [6, 6.07) is 0. The Kier molecular flexibility index (Phi) is 1.36. The summed E-state index contributed by atoms with van der Waals surface area (Å²) < 4.78 is 34.5. The van der Waals surface area contributed by atoms with Crippen molar-refractivity contribution in [2.75, 3.05) is 0 Å². The molecule has 0 saturated heterocycles. The van der Waals surface area contributed by atoms with Crippen LogP contribution in [0.15, 0.2) is 11.8 Å². The molecule has 9 heavy (non-hydrogen) atoms. The zero-order chi connectivity index (χ0) is 6.91. The van der Waals surface area contributed by atoms with E-state index in [0.29, 0.717) is 0 Å². The van der Waals surface area contributed by atoms with Gasteiger partial charge in [0.15, 0.2) is 0 Å². The Morgan fingerprint density at radius 3 is 2.33 bits per heavy atom. The zero-order valence-corrected chi connectivity index (χ0v) is 4.20. The normalized spacial score (nSPS) is 19.2. The molecule has 0 amide bonds. The largest absolute Gasteiger partial charge is 0.451 e. The second-order valence-corrected chi connectivity index (χ2v) is 1.42. The molecule has 0 aliphatic carbocycles. The molecule has 0 atom stereocenters. The molecular formula is C4H3F3NO. The maximum atomic E-state index is 11.5. The van der Waals surface area contributed by atoms with Gasteiger partial charge in [0.05, 0.1) is 6.54 Å². The number of hydroxylamine groups is 1. The zero-order valence-electron chi connectivity index (χ0n) is 4.20. The van der Waals surface area contributed by atoms with Crippen molar-refractivity contribution in [1.82, 2.24) is 5.48 Å². The Bertz CT molecular complexity index is 139. The van der Waals surface area contributed by atoms with Gasteiger partial charge in [0.25, 0.3) is 0 Å². The van der Waals surface area contributed by atoms with Crippen LogP contribution in [0.25, 0.3) is 0 Å². The van der Waals surface area contributed by atoms with Crippen LogP contribution in [0.5, 0.6) is 0 Å². The van der Waals surface area contributed by atoms with Crippen molar-refractivity contribution >= 4 is 0 Å². The van der Waals surface area contributed by atoms with E-state index < -0.39 is 11.9 Å². The van der Waals surface area contributed by atoms with E-state index >= 15 is 0 Å². The molecule has 0 aromatic heterocycles. The molecule has 0 bridgehead atoms. The average molecular weight is 138 g/mol. The first-order valence-corrected chi connectivity index (χ1v) is 2.14. The predicted octanol–water partition coefficient (Wildman–Crippen LogP) is 1.13. The highest BCUT2D eigenvalue weighted by atomic mass is 19.4. The average Bonchev–Trinajstić information content (AvgIpc) is 2.08. The Labute approximate surface area is 49.3 Å². The van der Waals surface area contributed by atoms with E-state index in [1.54, 1.807) is 0 Å². The Morgan fingerprint density at radius 1 is 1.44 bits per heavy atom. The lowest BCUT2D eigenvalue weighted by Crippen LogP contribution is -2.14. The highest BCUT2D eigenvalue weighted by molar-refractivity contribution is 5.09. The summed E-state index contributed by atoms with van der Waals surface area (Å²) in [4.78, 5) is 3.95. The number of rotatable bonds is 0. The first-order valence-electron chi connectivity index (χ1n) is 2.14. The lowest BCUT2D eigenvalue weighted by Gasteiger charge is -2.04. The van der Waals surface area contributed by atoms with Gasteiger partial charge in [-0.25, -0.2) is 0 Å². The van der Waals surface area contributed by atoms with Gasteiger partial charge in [0.1, 0.15) is 0 Å². The molecule has 1 heterocycles. The van der Waals surface area contributed by atoms with Crippen molar-refractivity contribution in [3.63, 3.8) is 0 Å². The first-order chi connectivity index (χ1) is 4.11. The van der Waals surface area contributed by atoms with Crippen molar-refractivity contribution in [3.05, 3.63) is 18.4 Å². The minimum absolute atomic E-state index is 0.819. The summed E-state index contributed by atoms with van der Waals surface area (Å²) in [6.07, 6.45) is -3.56. The molecule has 0 aromatic rings.